The molecular weight excluding hydrogens is 1390 g/mol. The van der Waals surface area contributed by atoms with Crippen molar-refractivity contribution in [2.45, 2.75) is 510 Å². The average Bonchev–Trinajstić information content (AvgIpc) is 0.782. The van der Waals surface area contributed by atoms with Crippen LogP contribution in [0.2, 0.25) is 0 Å². The molecule has 0 saturated carbocycles. The number of carbonyl (C=O) groups is 1. The molecule has 17 unspecified atom stereocenters. The van der Waals surface area contributed by atoms with E-state index in [0.29, 0.717) is 6.42 Å². The van der Waals surface area contributed by atoms with E-state index >= 15 is 0 Å². The van der Waals surface area contributed by atoms with Crippen LogP contribution in [0.3, 0.4) is 0 Å². The van der Waals surface area contributed by atoms with Crippen molar-refractivity contribution in [2.75, 3.05) is 26.4 Å². The summed E-state index contributed by atoms with van der Waals surface area (Å²) in [6.07, 6.45) is 64.6. The molecule has 3 aliphatic heterocycles. The summed E-state index contributed by atoms with van der Waals surface area (Å²) in [4.78, 5) is 13.5. The fraction of sp³-hybridized carbons (Fsp3) is 0.923. The van der Waals surface area contributed by atoms with Crippen LogP contribution in [0.1, 0.15) is 406 Å². The van der Waals surface area contributed by atoms with E-state index in [2.05, 4.69) is 43.5 Å². The van der Waals surface area contributed by atoms with Crippen molar-refractivity contribution in [1.29, 1.82) is 0 Å². The van der Waals surface area contributed by atoms with Crippen LogP contribution in [-0.4, -0.2) is 193 Å². The zero-order valence-electron chi connectivity index (χ0n) is 70.0. The number of hydrogen-bond donors (Lipinski definition) is 12. The fourth-order valence-corrected chi connectivity index (χ4v) is 15.8. The van der Waals surface area contributed by atoms with Gasteiger partial charge in [-0.3, -0.25) is 4.79 Å². The predicted molar refractivity (Wildman–Crippen MR) is 443 cm³/mol. The monoisotopic (exact) mass is 1570 g/mol. The summed E-state index contributed by atoms with van der Waals surface area (Å²) < 4.78 is 34.5. The zero-order chi connectivity index (χ0) is 79.5. The maximum Gasteiger partial charge on any atom is 0.220 e. The lowest BCUT2D eigenvalue weighted by Gasteiger charge is -2.48. The van der Waals surface area contributed by atoms with Gasteiger partial charge in [0.25, 0.3) is 0 Å². The average molecular weight is 1570 g/mol. The van der Waals surface area contributed by atoms with E-state index in [1.165, 1.54) is 327 Å². The fourth-order valence-electron chi connectivity index (χ4n) is 15.8. The summed E-state index contributed by atoms with van der Waals surface area (Å²) in [7, 11) is 0. The van der Waals surface area contributed by atoms with E-state index < -0.39 is 124 Å². The quantitative estimate of drug-likeness (QED) is 0.0199. The Morgan fingerprint density at radius 3 is 0.927 bits per heavy atom. The molecule has 19 heteroatoms. The van der Waals surface area contributed by atoms with E-state index in [0.717, 1.165) is 51.4 Å². The third-order valence-electron chi connectivity index (χ3n) is 23.2. The summed E-state index contributed by atoms with van der Waals surface area (Å²) in [6, 6.07) is -0.973. The molecule has 17 atom stereocenters. The Labute approximate surface area is 670 Å². The molecule has 3 aliphatic rings. The molecule has 0 radical (unpaired) electrons. The number of carbonyl (C=O) groups excluding carboxylic acids is 1. The van der Waals surface area contributed by atoms with E-state index in [1.54, 1.807) is 6.08 Å². The molecule has 0 aromatic heterocycles. The first kappa shape index (κ1) is 102. The minimum Gasteiger partial charge on any atom is -0.394 e. The second-order valence-electron chi connectivity index (χ2n) is 33.1. The van der Waals surface area contributed by atoms with Gasteiger partial charge in [-0.2, -0.15) is 0 Å². The molecule has 0 aromatic carbocycles. The standard InChI is InChI=1S/C91H171NO18/c1-3-5-7-9-11-13-15-17-19-21-23-25-27-29-30-31-32-33-34-35-36-37-38-39-40-41-42-43-44-45-47-49-51-53-55-57-59-61-63-65-67-69-79(97)92-74(75(96)68-66-64-62-60-58-56-54-52-50-48-46-28-26-24-22-20-18-16-14-12-10-8-6-4-2)73-105-89-85(103)82(100)87(77(71-94)107-89)110-91-86(104)83(101)88(78(72-95)108-91)109-90-84(102)81(99)80(98)76(70-93)106-90/h15,17,21,23,66,68,74-78,80-91,93-96,98-104H,3-14,16,18-20,22,24-65,67,69-73H2,1-2H3,(H,92,97)/b17-15-,23-21-,68-66+. The molecule has 3 heterocycles. The van der Waals surface area contributed by atoms with Crippen LogP contribution in [0.15, 0.2) is 36.5 Å². The van der Waals surface area contributed by atoms with Gasteiger partial charge in [-0.15, -0.1) is 0 Å². The maximum atomic E-state index is 13.5. The van der Waals surface area contributed by atoms with Crippen molar-refractivity contribution in [3.8, 4) is 0 Å². The van der Waals surface area contributed by atoms with Crippen LogP contribution < -0.4 is 5.32 Å². The highest BCUT2D eigenvalue weighted by Crippen LogP contribution is 2.34. The summed E-state index contributed by atoms with van der Waals surface area (Å²) in [5.74, 6) is -0.266. The highest BCUT2D eigenvalue weighted by molar-refractivity contribution is 5.76. The Kier molecular flexibility index (Phi) is 66.1. The topological polar surface area (TPSA) is 307 Å². The van der Waals surface area contributed by atoms with Gasteiger partial charge in [0.1, 0.15) is 73.2 Å². The first-order chi connectivity index (χ1) is 53.8. The smallest absolute Gasteiger partial charge is 0.220 e. The molecule has 0 aromatic rings. The molecule has 1 amide bonds. The van der Waals surface area contributed by atoms with E-state index in [-0.39, 0.29) is 18.9 Å². The highest BCUT2D eigenvalue weighted by atomic mass is 16.8. The number of nitrogens with one attached hydrogen (secondary N) is 1. The SMILES string of the molecule is CCCCCCC/C=C\C/C=C\CCCCCCCCCCCCCCCCCCCCCCCCCCCCCCCC(=O)NC(COC1OC(CO)C(OC2OC(CO)C(OC3OC(CO)C(O)C(O)C3O)C(O)C2O)C(O)C1O)C(O)/C=C/CCCCCCCCCCCCCCCCCCCCCCCC. The van der Waals surface area contributed by atoms with Gasteiger partial charge in [-0.1, -0.05) is 384 Å². The van der Waals surface area contributed by atoms with Gasteiger partial charge >= 0.3 is 0 Å². The molecular formula is C91H171NO18. The molecule has 19 nitrogen and oxygen atoms in total. The van der Waals surface area contributed by atoms with E-state index in [9.17, 15) is 61.0 Å². The van der Waals surface area contributed by atoms with E-state index in [4.69, 9.17) is 28.4 Å². The number of unbranched alkanes of at least 4 members (excludes halogenated alkanes) is 56. The van der Waals surface area contributed by atoms with Gasteiger partial charge in [0.05, 0.1) is 38.6 Å². The second kappa shape index (κ2) is 71.1. The van der Waals surface area contributed by atoms with Crippen LogP contribution in [0.25, 0.3) is 0 Å². The Hall–Kier alpha value is -1.99. The van der Waals surface area contributed by atoms with Gasteiger partial charge in [-0.05, 0) is 51.4 Å². The summed E-state index contributed by atoms with van der Waals surface area (Å²) in [5.41, 5.74) is 0. The third kappa shape index (κ3) is 49.3. The molecule has 0 aliphatic carbocycles. The minimum absolute atomic E-state index is 0.249. The predicted octanol–water partition coefficient (Wildman–Crippen LogP) is 17.8. The Balaban J connectivity index is 1.28. The molecule has 110 heavy (non-hydrogen) atoms. The van der Waals surface area contributed by atoms with Crippen LogP contribution in [0.5, 0.6) is 0 Å². The molecule has 0 spiro atoms. The van der Waals surface area contributed by atoms with Gasteiger partial charge < -0.3 is 89.9 Å². The lowest BCUT2D eigenvalue weighted by atomic mass is 9.96. The number of aliphatic hydroxyl groups is 11. The molecule has 0 bridgehead atoms. The maximum absolute atomic E-state index is 13.5. The van der Waals surface area contributed by atoms with Crippen molar-refractivity contribution >= 4 is 5.91 Å². The lowest BCUT2D eigenvalue weighted by Crippen LogP contribution is -2.66. The zero-order valence-corrected chi connectivity index (χ0v) is 70.0. The molecule has 12 N–H and O–H groups in total. The number of rotatable bonds is 76. The van der Waals surface area contributed by atoms with Crippen LogP contribution in [0.4, 0.5) is 0 Å². The number of aliphatic hydroxyl groups excluding tert-OH is 11. The van der Waals surface area contributed by atoms with Gasteiger partial charge in [0.15, 0.2) is 18.9 Å². The Morgan fingerprint density at radius 1 is 0.327 bits per heavy atom. The first-order valence-electron chi connectivity index (χ1n) is 46.2. The van der Waals surface area contributed by atoms with Crippen molar-refractivity contribution in [3.05, 3.63) is 36.5 Å². The third-order valence-corrected chi connectivity index (χ3v) is 23.2. The van der Waals surface area contributed by atoms with Crippen molar-refractivity contribution in [2.24, 2.45) is 0 Å². The minimum atomic E-state index is -1.98. The number of hydrogen-bond acceptors (Lipinski definition) is 18. The summed E-state index contributed by atoms with van der Waals surface area (Å²) >= 11 is 0. The molecule has 648 valence electrons. The summed E-state index contributed by atoms with van der Waals surface area (Å²) in [5, 5.41) is 121. The largest absolute Gasteiger partial charge is 0.394 e. The Morgan fingerprint density at radius 2 is 0.600 bits per heavy atom. The highest BCUT2D eigenvalue weighted by Gasteiger charge is 2.54. The number of allylic oxidation sites excluding steroid dienone is 5. The lowest BCUT2D eigenvalue weighted by molar-refractivity contribution is -0.379. The van der Waals surface area contributed by atoms with Gasteiger partial charge in [0.2, 0.25) is 5.91 Å². The van der Waals surface area contributed by atoms with Crippen LogP contribution >= 0.6 is 0 Å². The second-order valence-corrected chi connectivity index (χ2v) is 33.1. The molecule has 3 fully saturated rings. The normalized spacial score (nSPS) is 25.3. The summed E-state index contributed by atoms with van der Waals surface area (Å²) in [6.45, 7) is 1.79. The number of amides is 1. The van der Waals surface area contributed by atoms with Gasteiger partial charge in [0, 0.05) is 6.42 Å². The van der Waals surface area contributed by atoms with Crippen LogP contribution in [0, 0.1) is 0 Å². The van der Waals surface area contributed by atoms with Crippen molar-refractivity contribution < 1.29 is 89.4 Å². The van der Waals surface area contributed by atoms with Crippen molar-refractivity contribution in [3.63, 3.8) is 0 Å². The van der Waals surface area contributed by atoms with Gasteiger partial charge in [-0.25, -0.2) is 0 Å². The van der Waals surface area contributed by atoms with Crippen molar-refractivity contribution in [1.82, 2.24) is 5.32 Å². The Bertz CT molecular complexity index is 2120. The van der Waals surface area contributed by atoms with Crippen LogP contribution in [-0.2, 0) is 33.2 Å². The molecule has 3 rings (SSSR count). The van der Waals surface area contributed by atoms with E-state index in [1.807, 2.05) is 6.08 Å². The molecule has 3 saturated heterocycles. The first-order valence-corrected chi connectivity index (χ1v) is 46.2. The number of ether oxygens (including phenoxy) is 6.